The molecule has 0 radical (unpaired) electrons. The van der Waals surface area contributed by atoms with E-state index in [-0.39, 0.29) is 11.9 Å². The number of carbonyl (C=O) groups is 1. The van der Waals surface area contributed by atoms with Crippen LogP contribution in [0.15, 0.2) is 48.5 Å². The molecule has 1 aliphatic rings. The van der Waals surface area contributed by atoms with E-state index in [2.05, 4.69) is 24.4 Å². The molecule has 0 fully saturated rings. The first-order chi connectivity index (χ1) is 11.2. The SMILES string of the molecule is CC1Cc2ccccc2N1C(=O)CCNc1ccc(C#N)cc1. The van der Waals surface area contributed by atoms with Gasteiger partial charge in [-0.05, 0) is 49.2 Å². The van der Waals surface area contributed by atoms with Crippen LogP contribution in [0, 0.1) is 11.3 Å². The summed E-state index contributed by atoms with van der Waals surface area (Å²) in [5.74, 6) is 0.142. The lowest BCUT2D eigenvalue weighted by Gasteiger charge is -2.23. The molecule has 3 rings (SSSR count). The number of nitrogens with one attached hydrogen (secondary N) is 1. The number of hydrogen-bond donors (Lipinski definition) is 1. The predicted octanol–water partition coefficient (Wildman–Crippen LogP) is 3.34. The first kappa shape index (κ1) is 15.1. The van der Waals surface area contributed by atoms with Gasteiger partial charge in [-0.1, -0.05) is 18.2 Å². The van der Waals surface area contributed by atoms with E-state index in [9.17, 15) is 4.79 Å². The summed E-state index contributed by atoms with van der Waals surface area (Å²) in [6.07, 6.45) is 1.36. The van der Waals surface area contributed by atoms with E-state index in [0.29, 0.717) is 18.5 Å². The lowest BCUT2D eigenvalue weighted by Crippen LogP contribution is -2.36. The van der Waals surface area contributed by atoms with Crippen molar-refractivity contribution in [2.75, 3.05) is 16.8 Å². The molecule has 116 valence electrons. The molecule has 1 heterocycles. The van der Waals surface area contributed by atoms with Gasteiger partial charge in [-0.3, -0.25) is 4.79 Å². The second-order valence-electron chi connectivity index (χ2n) is 5.81. The maximum absolute atomic E-state index is 12.6. The molecule has 1 amide bonds. The molecule has 23 heavy (non-hydrogen) atoms. The third-order valence-electron chi connectivity index (χ3n) is 4.16. The van der Waals surface area contributed by atoms with Crippen LogP contribution in [0.25, 0.3) is 0 Å². The molecule has 2 aromatic rings. The Morgan fingerprint density at radius 3 is 2.74 bits per heavy atom. The van der Waals surface area contributed by atoms with Crippen molar-refractivity contribution < 1.29 is 4.79 Å². The molecule has 0 spiro atoms. The van der Waals surface area contributed by atoms with Crippen LogP contribution in [0.3, 0.4) is 0 Å². The van der Waals surface area contributed by atoms with E-state index in [1.165, 1.54) is 5.56 Å². The minimum absolute atomic E-state index is 0.142. The molecule has 4 heteroatoms. The zero-order valence-corrected chi connectivity index (χ0v) is 13.1. The topological polar surface area (TPSA) is 56.1 Å². The number of rotatable bonds is 4. The third-order valence-corrected chi connectivity index (χ3v) is 4.16. The van der Waals surface area contributed by atoms with Gasteiger partial charge >= 0.3 is 0 Å². The number of nitrogens with zero attached hydrogens (tertiary/aromatic N) is 2. The van der Waals surface area contributed by atoms with Crippen molar-refractivity contribution in [2.45, 2.75) is 25.8 Å². The Balaban J connectivity index is 1.58. The van der Waals surface area contributed by atoms with Crippen molar-refractivity contribution in [1.82, 2.24) is 0 Å². The van der Waals surface area contributed by atoms with Crippen LogP contribution >= 0.6 is 0 Å². The van der Waals surface area contributed by atoms with Gasteiger partial charge in [-0.15, -0.1) is 0 Å². The van der Waals surface area contributed by atoms with Crippen LogP contribution in [0.4, 0.5) is 11.4 Å². The summed E-state index contributed by atoms with van der Waals surface area (Å²) in [4.78, 5) is 14.5. The zero-order valence-electron chi connectivity index (χ0n) is 13.1. The van der Waals surface area contributed by atoms with Crippen LogP contribution in [0.1, 0.15) is 24.5 Å². The third kappa shape index (κ3) is 3.19. The number of hydrogen-bond acceptors (Lipinski definition) is 3. The molecule has 1 aliphatic heterocycles. The first-order valence-electron chi connectivity index (χ1n) is 7.83. The molecule has 1 atom stereocenters. The summed E-state index contributed by atoms with van der Waals surface area (Å²) < 4.78 is 0. The number of benzene rings is 2. The van der Waals surface area contributed by atoms with Crippen molar-refractivity contribution in [3.8, 4) is 6.07 Å². The lowest BCUT2D eigenvalue weighted by molar-refractivity contribution is -0.118. The lowest BCUT2D eigenvalue weighted by atomic mass is 10.1. The van der Waals surface area contributed by atoms with Gasteiger partial charge in [0.1, 0.15) is 0 Å². The van der Waals surface area contributed by atoms with E-state index in [1.807, 2.05) is 35.2 Å². The minimum Gasteiger partial charge on any atom is -0.385 e. The summed E-state index contributed by atoms with van der Waals surface area (Å²) in [7, 11) is 0. The van der Waals surface area contributed by atoms with Crippen molar-refractivity contribution >= 4 is 17.3 Å². The fourth-order valence-electron chi connectivity index (χ4n) is 3.04. The average Bonchev–Trinajstić information content (AvgIpc) is 2.91. The molecule has 1 unspecified atom stereocenters. The number of nitriles is 1. The Hall–Kier alpha value is -2.80. The summed E-state index contributed by atoms with van der Waals surface area (Å²) in [5.41, 5.74) is 3.84. The number of para-hydroxylation sites is 1. The number of carbonyl (C=O) groups excluding carboxylic acids is 1. The highest BCUT2D eigenvalue weighted by atomic mass is 16.2. The van der Waals surface area contributed by atoms with Crippen molar-refractivity contribution in [3.63, 3.8) is 0 Å². The molecule has 2 aromatic carbocycles. The van der Waals surface area contributed by atoms with Crippen LogP contribution in [-0.4, -0.2) is 18.5 Å². The Labute approximate surface area is 136 Å². The standard InChI is InChI=1S/C19H19N3O/c1-14-12-16-4-2-3-5-18(16)22(14)19(23)10-11-21-17-8-6-15(13-20)7-9-17/h2-9,14,21H,10-12H2,1H3. The highest BCUT2D eigenvalue weighted by molar-refractivity contribution is 5.96. The fraction of sp³-hybridized carbons (Fsp3) is 0.263. The van der Waals surface area contributed by atoms with Gasteiger partial charge in [0.25, 0.3) is 0 Å². The Bertz CT molecular complexity index is 746. The molecular formula is C19H19N3O. The van der Waals surface area contributed by atoms with Gasteiger partial charge in [0.15, 0.2) is 0 Å². The second kappa shape index (κ2) is 6.53. The van der Waals surface area contributed by atoms with Crippen molar-refractivity contribution in [3.05, 3.63) is 59.7 Å². The molecule has 4 nitrogen and oxygen atoms in total. The van der Waals surface area contributed by atoms with Gasteiger partial charge < -0.3 is 10.2 Å². The Morgan fingerprint density at radius 1 is 1.26 bits per heavy atom. The summed E-state index contributed by atoms with van der Waals surface area (Å²) in [6, 6.07) is 17.7. The van der Waals surface area contributed by atoms with Gasteiger partial charge in [-0.25, -0.2) is 0 Å². The Morgan fingerprint density at radius 2 is 2.00 bits per heavy atom. The van der Waals surface area contributed by atoms with Crippen LogP contribution < -0.4 is 10.2 Å². The summed E-state index contributed by atoms with van der Waals surface area (Å²) in [6.45, 7) is 2.67. The maximum Gasteiger partial charge on any atom is 0.229 e. The van der Waals surface area contributed by atoms with E-state index >= 15 is 0 Å². The van der Waals surface area contributed by atoms with Gasteiger partial charge in [0.2, 0.25) is 5.91 Å². The van der Waals surface area contributed by atoms with Crippen LogP contribution in [0.2, 0.25) is 0 Å². The first-order valence-corrected chi connectivity index (χ1v) is 7.83. The Kier molecular flexibility index (Phi) is 4.29. The van der Waals surface area contributed by atoms with Crippen LogP contribution in [0.5, 0.6) is 0 Å². The van der Waals surface area contributed by atoms with Crippen LogP contribution in [-0.2, 0) is 11.2 Å². The zero-order chi connectivity index (χ0) is 16.2. The molecule has 0 aliphatic carbocycles. The van der Waals surface area contributed by atoms with Crippen molar-refractivity contribution in [2.24, 2.45) is 0 Å². The normalized spacial score (nSPS) is 15.8. The van der Waals surface area contributed by atoms with Gasteiger partial charge in [-0.2, -0.15) is 5.26 Å². The van der Waals surface area contributed by atoms with E-state index in [4.69, 9.17) is 5.26 Å². The summed E-state index contributed by atoms with van der Waals surface area (Å²) in [5, 5.41) is 12.0. The molecule has 1 N–H and O–H groups in total. The minimum atomic E-state index is 0.142. The van der Waals surface area contributed by atoms with E-state index in [0.717, 1.165) is 17.8 Å². The summed E-state index contributed by atoms with van der Waals surface area (Å²) >= 11 is 0. The number of amides is 1. The average molecular weight is 305 g/mol. The monoisotopic (exact) mass is 305 g/mol. The van der Waals surface area contributed by atoms with Gasteiger partial charge in [0.05, 0.1) is 11.6 Å². The maximum atomic E-state index is 12.6. The highest BCUT2D eigenvalue weighted by Crippen LogP contribution is 2.32. The number of anilines is 2. The highest BCUT2D eigenvalue weighted by Gasteiger charge is 2.29. The molecular weight excluding hydrogens is 286 g/mol. The second-order valence-corrected chi connectivity index (χ2v) is 5.81. The molecule has 0 saturated heterocycles. The van der Waals surface area contributed by atoms with Crippen molar-refractivity contribution in [1.29, 1.82) is 5.26 Å². The largest absolute Gasteiger partial charge is 0.385 e. The van der Waals surface area contributed by atoms with Gasteiger partial charge in [0, 0.05) is 30.4 Å². The van der Waals surface area contributed by atoms with E-state index in [1.54, 1.807) is 12.1 Å². The fourth-order valence-corrected chi connectivity index (χ4v) is 3.04. The molecule has 0 saturated carbocycles. The molecule has 0 aromatic heterocycles. The number of fused-ring (bicyclic) bond motifs is 1. The van der Waals surface area contributed by atoms with E-state index < -0.39 is 0 Å². The molecule has 0 bridgehead atoms. The predicted molar refractivity (Wildman–Crippen MR) is 91.4 cm³/mol. The smallest absolute Gasteiger partial charge is 0.229 e. The quantitative estimate of drug-likeness (QED) is 0.942.